The summed E-state index contributed by atoms with van der Waals surface area (Å²) in [5.41, 5.74) is 0.837. The highest BCUT2D eigenvalue weighted by Crippen LogP contribution is 2.16. The van der Waals surface area contributed by atoms with Crippen molar-refractivity contribution in [2.24, 2.45) is 0 Å². The van der Waals surface area contributed by atoms with Crippen LogP contribution in [0, 0.1) is 11.3 Å². The topological polar surface area (TPSA) is 53.2 Å². The van der Waals surface area contributed by atoms with Gasteiger partial charge >= 0.3 is 0 Å². The van der Waals surface area contributed by atoms with Crippen molar-refractivity contribution in [1.29, 1.82) is 5.26 Å². The van der Waals surface area contributed by atoms with Gasteiger partial charge in [0.25, 0.3) is 0 Å². The molecule has 0 aromatic heterocycles. The Balaban J connectivity index is 2.65. The number of aliphatic hydroxyl groups excluding tert-OH is 1. The molecule has 1 rings (SSSR count). The van der Waals surface area contributed by atoms with Gasteiger partial charge in [0.05, 0.1) is 6.10 Å². The summed E-state index contributed by atoms with van der Waals surface area (Å²) in [5.74, 6) is 0.644. The summed E-state index contributed by atoms with van der Waals surface area (Å²) in [7, 11) is 0. The standard InChI is InChI=1S/C10H11NO2/c1-8(12)9-2-4-10(5-3-9)13-7-6-11/h2-5,8,12H,7H2,1H3. The molecule has 3 heteroatoms. The predicted octanol–water partition coefficient (Wildman–Crippen LogP) is 1.64. The summed E-state index contributed by atoms with van der Waals surface area (Å²) in [6.07, 6.45) is -0.468. The maximum atomic E-state index is 9.20. The predicted molar refractivity (Wildman–Crippen MR) is 48.2 cm³/mol. The SMILES string of the molecule is CC(O)c1ccc(OCC#N)cc1. The van der Waals surface area contributed by atoms with Gasteiger partial charge < -0.3 is 9.84 Å². The molecule has 0 amide bonds. The molecule has 1 aromatic carbocycles. The zero-order valence-electron chi connectivity index (χ0n) is 7.40. The van der Waals surface area contributed by atoms with Crippen molar-refractivity contribution in [3.8, 4) is 11.8 Å². The molecule has 3 nitrogen and oxygen atoms in total. The zero-order valence-corrected chi connectivity index (χ0v) is 7.40. The molecular weight excluding hydrogens is 166 g/mol. The van der Waals surface area contributed by atoms with Gasteiger partial charge in [-0.25, -0.2) is 0 Å². The van der Waals surface area contributed by atoms with Gasteiger partial charge in [-0.2, -0.15) is 5.26 Å². The number of nitrogens with zero attached hydrogens (tertiary/aromatic N) is 1. The number of hydrogen-bond acceptors (Lipinski definition) is 3. The first-order valence-corrected chi connectivity index (χ1v) is 4.02. The van der Waals surface area contributed by atoms with E-state index in [4.69, 9.17) is 10.00 Å². The Hall–Kier alpha value is -1.53. The van der Waals surface area contributed by atoms with Crippen molar-refractivity contribution in [3.05, 3.63) is 29.8 Å². The van der Waals surface area contributed by atoms with Crippen LogP contribution >= 0.6 is 0 Å². The molecule has 0 saturated carbocycles. The van der Waals surface area contributed by atoms with Gasteiger partial charge in [-0.15, -0.1) is 0 Å². The molecule has 0 spiro atoms. The van der Waals surface area contributed by atoms with Crippen molar-refractivity contribution in [2.45, 2.75) is 13.0 Å². The number of nitriles is 1. The van der Waals surface area contributed by atoms with Crippen molar-refractivity contribution in [3.63, 3.8) is 0 Å². The first kappa shape index (κ1) is 9.56. The number of aliphatic hydroxyl groups is 1. The van der Waals surface area contributed by atoms with Gasteiger partial charge in [-0.3, -0.25) is 0 Å². The Bertz CT molecular complexity index is 298. The molecule has 0 heterocycles. The van der Waals surface area contributed by atoms with Gasteiger partial charge in [0.1, 0.15) is 11.8 Å². The van der Waals surface area contributed by atoms with E-state index in [0.717, 1.165) is 5.56 Å². The maximum Gasteiger partial charge on any atom is 0.174 e. The van der Waals surface area contributed by atoms with Crippen molar-refractivity contribution >= 4 is 0 Å². The number of benzene rings is 1. The average molecular weight is 177 g/mol. The van der Waals surface area contributed by atoms with Gasteiger partial charge in [0, 0.05) is 0 Å². The molecule has 1 atom stereocenters. The van der Waals surface area contributed by atoms with Crippen molar-refractivity contribution in [2.75, 3.05) is 6.61 Å². The first-order valence-electron chi connectivity index (χ1n) is 4.02. The molecule has 0 bridgehead atoms. The lowest BCUT2D eigenvalue weighted by Gasteiger charge is -2.05. The molecule has 13 heavy (non-hydrogen) atoms. The molecule has 1 N–H and O–H groups in total. The second kappa shape index (κ2) is 4.48. The Morgan fingerprint density at radius 3 is 2.54 bits per heavy atom. The Morgan fingerprint density at radius 2 is 2.08 bits per heavy atom. The number of hydrogen-bond donors (Lipinski definition) is 1. The van der Waals surface area contributed by atoms with E-state index < -0.39 is 6.10 Å². The molecule has 1 aromatic rings. The number of ether oxygens (including phenoxy) is 1. The lowest BCUT2D eigenvalue weighted by atomic mass is 10.1. The second-order valence-electron chi connectivity index (χ2n) is 2.69. The summed E-state index contributed by atoms with van der Waals surface area (Å²) >= 11 is 0. The summed E-state index contributed by atoms with van der Waals surface area (Å²) in [4.78, 5) is 0. The molecule has 0 radical (unpaired) electrons. The summed E-state index contributed by atoms with van der Waals surface area (Å²) in [6, 6.07) is 8.90. The second-order valence-corrected chi connectivity index (χ2v) is 2.69. The minimum Gasteiger partial charge on any atom is -0.479 e. The molecule has 0 saturated heterocycles. The Morgan fingerprint density at radius 1 is 1.46 bits per heavy atom. The van der Waals surface area contributed by atoms with E-state index in [2.05, 4.69) is 0 Å². The molecule has 68 valence electrons. The quantitative estimate of drug-likeness (QED) is 0.763. The fraction of sp³-hybridized carbons (Fsp3) is 0.300. The van der Waals surface area contributed by atoms with Gasteiger partial charge in [-0.05, 0) is 24.6 Å². The molecule has 0 aliphatic carbocycles. The number of rotatable bonds is 3. The lowest BCUT2D eigenvalue weighted by molar-refractivity contribution is 0.199. The van der Waals surface area contributed by atoms with Crippen LogP contribution in [0.2, 0.25) is 0 Å². The largest absolute Gasteiger partial charge is 0.479 e. The zero-order chi connectivity index (χ0) is 9.68. The van der Waals surface area contributed by atoms with E-state index in [0.29, 0.717) is 5.75 Å². The van der Waals surface area contributed by atoms with Crippen LogP contribution in [-0.4, -0.2) is 11.7 Å². The highest BCUT2D eigenvalue weighted by molar-refractivity contribution is 5.28. The summed E-state index contributed by atoms with van der Waals surface area (Å²) < 4.78 is 5.05. The van der Waals surface area contributed by atoms with E-state index in [1.807, 2.05) is 6.07 Å². The van der Waals surface area contributed by atoms with Crippen molar-refractivity contribution in [1.82, 2.24) is 0 Å². The fourth-order valence-corrected chi connectivity index (χ4v) is 0.958. The minimum atomic E-state index is -0.468. The fourth-order valence-electron chi connectivity index (χ4n) is 0.958. The van der Waals surface area contributed by atoms with Crippen LogP contribution in [-0.2, 0) is 0 Å². The molecular formula is C10H11NO2. The van der Waals surface area contributed by atoms with Crippen molar-refractivity contribution < 1.29 is 9.84 Å². The van der Waals surface area contributed by atoms with Gasteiger partial charge in [0.15, 0.2) is 6.61 Å². The monoisotopic (exact) mass is 177 g/mol. The average Bonchev–Trinajstić information content (AvgIpc) is 2.15. The van der Waals surface area contributed by atoms with Gasteiger partial charge in [0.2, 0.25) is 0 Å². The van der Waals surface area contributed by atoms with E-state index in [1.165, 1.54) is 0 Å². The highest BCUT2D eigenvalue weighted by atomic mass is 16.5. The van der Waals surface area contributed by atoms with Crippen LogP contribution in [0.15, 0.2) is 24.3 Å². The Labute approximate surface area is 77.2 Å². The highest BCUT2D eigenvalue weighted by Gasteiger charge is 1.99. The van der Waals surface area contributed by atoms with Crippen LogP contribution in [0.3, 0.4) is 0 Å². The van der Waals surface area contributed by atoms with Crippen LogP contribution in [0.1, 0.15) is 18.6 Å². The van der Waals surface area contributed by atoms with Crippen LogP contribution < -0.4 is 4.74 Å². The molecule has 0 fully saturated rings. The first-order chi connectivity index (χ1) is 6.24. The van der Waals surface area contributed by atoms with Crippen LogP contribution in [0.25, 0.3) is 0 Å². The smallest absolute Gasteiger partial charge is 0.174 e. The van der Waals surface area contributed by atoms with Gasteiger partial charge in [-0.1, -0.05) is 12.1 Å². The third-order valence-corrected chi connectivity index (χ3v) is 1.67. The molecule has 0 aliphatic rings. The Kier molecular flexibility index (Phi) is 3.30. The van der Waals surface area contributed by atoms with E-state index in [-0.39, 0.29) is 6.61 Å². The maximum absolute atomic E-state index is 9.20. The summed E-state index contributed by atoms with van der Waals surface area (Å²) in [6.45, 7) is 1.75. The molecule has 1 unspecified atom stereocenters. The minimum absolute atomic E-state index is 0.0496. The van der Waals surface area contributed by atoms with E-state index in [1.54, 1.807) is 31.2 Å². The van der Waals surface area contributed by atoms with Crippen LogP contribution in [0.5, 0.6) is 5.75 Å². The van der Waals surface area contributed by atoms with E-state index >= 15 is 0 Å². The molecule has 0 aliphatic heterocycles. The third-order valence-electron chi connectivity index (χ3n) is 1.67. The summed E-state index contributed by atoms with van der Waals surface area (Å²) in [5, 5.41) is 17.5. The van der Waals surface area contributed by atoms with E-state index in [9.17, 15) is 5.11 Å². The normalized spacial score (nSPS) is 11.8. The third kappa shape index (κ3) is 2.77. The lowest BCUT2D eigenvalue weighted by Crippen LogP contribution is -1.94. The van der Waals surface area contributed by atoms with Crippen LogP contribution in [0.4, 0.5) is 0 Å².